The Morgan fingerprint density at radius 1 is 0.596 bits per heavy atom. The van der Waals surface area contributed by atoms with Gasteiger partial charge in [-0.2, -0.15) is 0 Å². The smallest absolute Gasteiger partial charge is 0.258 e. The average Bonchev–Trinajstić information content (AvgIpc) is 3.89. The van der Waals surface area contributed by atoms with Crippen LogP contribution in [0.5, 0.6) is 46.0 Å². The third-order valence-electron chi connectivity index (χ3n) is 8.15. The Bertz CT molecular complexity index is 2110. The SMILES string of the molecule is O=C(CF)N(Cc1cccc2c1OCO2)c1ccccc1Oc1ccccc1.c1ccc(Oc2ccccc2NCc2cccc3c2OCO3)cc1. The van der Waals surface area contributed by atoms with Gasteiger partial charge in [0.1, 0.15) is 11.5 Å². The maximum absolute atomic E-state index is 13.4. The van der Waals surface area contributed by atoms with Gasteiger partial charge >= 0.3 is 0 Å². The predicted octanol–water partition coefficient (Wildman–Crippen LogP) is 9.53. The molecule has 0 unspecified atom stereocenters. The van der Waals surface area contributed by atoms with Crippen LogP contribution >= 0.6 is 0 Å². The van der Waals surface area contributed by atoms with E-state index in [0.29, 0.717) is 35.2 Å². The fraction of sp³-hybridized carbons (Fsp3) is 0.119. The van der Waals surface area contributed by atoms with Crippen molar-refractivity contribution in [1.82, 2.24) is 0 Å². The molecule has 0 saturated heterocycles. The molecule has 6 aromatic rings. The predicted molar refractivity (Wildman–Crippen MR) is 196 cm³/mol. The molecule has 0 aliphatic carbocycles. The lowest BCUT2D eigenvalue weighted by molar-refractivity contribution is -0.119. The molecule has 2 aliphatic rings. The van der Waals surface area contributed by atoms with Crippen LogP contribution < -0.4 is 38.6 Å². The zero-order valence-electron chi connectivity index (χ0n) is 28.1. The first-order valence-corrected chi connectivity index (χ1v) is 16.7. The van der Waals surface area contributed by atoms with E-state index in [0.717, 1.165) is 39.8 Å². The van der Waals surface area contributed by atoms with Crippen LogP contribution in [0.2, 0.25) is 0 Å². The number of nitrogens with one attached hydrogen (secondary N) is 1. The lowest BCUT2D eigenvalue weighted by atomic mass is 10.1. The monoisotopic (exact) mass is 698 g/mol. The molecule has 0 fully saturated rings. The summed E-state index contributed by atoms with van der Waals surface area (Å²) in [6.45, 7) is 0.0371. The van der Waals surface area contributed by atoms with Crippen LogP contribution in [0.3, 0.4) is 0 Å². The van der Waals surface area contributed by atoms with E-state index in [2.05, 4.69) is 5.32 Å². The maximum Gasteiger partial charge on any atom is 0.258 e. The summed E-state index contributed by atoms with van der Waals surface area (Å²) in [6, 6.07) is 45.3. The molecule has 0 bridgehead atoms. The second-order valence-corrected chi connectivity index (χ2v) is 11.6. The summed E-state index contributed by atoms with van der Waals surface area (Å²) in [5.74, 6) is 4.80. The first-order valence-electron chi connectivity index (χ1n) is 16.7. The highest BCUT2D eigenvalue weighted by Crippen LogP contribution is 2.39. The standard InChI is InChI=1S/C22H18FNO4.C20H17NO3/c23-13-21(25)24(14-16-7-6-12-20-22(16)27-15-26-20)18-10-4-5-11-19(18)28-17-8-2-1-3-9-17;1-2-8-16(9-3-1)24-18-11-5-4-10-17(18)21-13-15-7-6-12-19-20(15)23-14-22-19/h1-12H,13-15H2;1-12,21H,13-14H2. The van der Waals surface area contributed by atoms with Crippen LogP contribution in [0.15, 0.2) is 146 Å². The van der Waals surface area contributed by atoms with Crippen molar-refractivity contribution in [3.8, 4) is 46.0 Å². The maximum atomic E-state index is 13.4. The van der Waals surface area contributed by atoms with Gasteiger partial charge in [0.25, 0.3) is 5.91 Å². The molecule has 0 saturated carbocycles. The van der Waals surface area contributed by atoms with Gasteiger partial charge in [-0.15, -0.1) is 0 Å². The van der Waals surface area contributed by atoms with Crippen molar-refractivity contribution in [3.05, 3.63) is 157 Å². The Hall–Kier alpha value is -6.68. The van der Waals surface area contributed by atoms with Crippen molar-refractivity contribution in [1.29, 1.82) is 0 Å². The fourth-order valence-corrected chi connectivity index (χ4v) is 5.68. The highest BCUT2D eigenvalue weighted by atomic mass is 19.1. The molecule has 1 amide bonds. The van der Waals surface area contributed by atoms with E-state index in [1.165, 1.54) is 4.90 Å². The van der Waals surface area contributed by atoms with E-state index in [4.69, 9.17) is 28.4 Å². The Balaban J connectivity index is 0.000000164. The van der Waals surface area contributed by atoms with Gasteiger partial charge in [-0.05, 0) is 60.7 Å². The number of alkyl halides is 1. The topological polar surface area (TPSA) is 87.7 Å². The van der Waals surface area contributed by atoms with Crippen LogP contribution in [-0.2, 0) is 17.9 Å². The number of nitrogens with zero attached hydrogens (tertiary/aromatic N) is 1. The lowest BCUT2D eigenvalue weighted by Crippen LogP contribution is -2.32. The lowest BCUT2D eigenvalue weighted by Gasteiger charge is -2.24. The molecule has 0 radical (unpaired) electrons. The average molecular weight is 699 g/mol. The number of amides is 1. The molecule has 8 rings (SSSR count). The van der Waals surface area contributed by atoms with Crippen molar-refractivity contribution < 1.29 is 37.6 Å². The number of carbonyl (C=O) groups is 1. The normalized spacial score (nSPS) is 11.9. The van der Waals surface area contributed by atoms with Crippen molar-refractivity contribution in [2.75, 3.05) is 30.5 Å². The summed E-state index contributed by atoms with van der Waals surface area (Å²) in [5, 5.41) is 3.42. The molecule has 0 spiro atoms. The Kier molecular flexibility index (Phi) is 10.6. The molecular weight excluding hydrogens is 663 g/mol. The van der Waals surface area contributed by atoms with E-state index in [-0.39, 0.29) is 20.1 Å². The minimum absolute atomic E-state index is 0.122. The van der Waals surface area contributed by atoms with E-state index in [1.807, 2.05) is 115 Å². The summed E-state index contributed by atoms with van der Waals surface area (Å²) < 4.78 is 47.2. The highest BCUT2D eigenvalue weighted by Gasteiger charge is 2.25. The van der Waals surface area contributed by atoms with Gasteiger partial charge in [-0.1, -0.05) is 84.9 Å². The molecule has 2 aliphatic heterocycles. The highest BCUT2D eigenvalue weighted by molar-refractivity contribution is 5.95. The van der Waals surface area contributed by atoms with Crippen molar-refractivity contribution in [3.63, 3.8) is 0 Å². The van der Waals surface area contributed by atoms with Crippen LogP contribution in [0.4, 0.5) is 15.8 Å². The third kappa shape index (κ3) is 8.03. The summed E-state index contributed by atoms with van der Waals surface area (Å²) in [4.78, 5) is 13.8. The zero-order chi connectivity index (χ0) is 35.5. The number of rotatable bonds is 11. The first kappa shape index (κ1) is 33.8. The second-order valence-electron chi connectivity index (χ2n) is 11.6. The summed E-state index contributed by atoms with van der Waals surface area (Å²) in [6.07, 6.45) is 0. The van der Waals surface area contributed by atoms with Crippen LogP contribution in [0.25, 0.3) is 0 Å². The summed E-state index contributed by atoms with van der Waals surface area (Å²) in [5.41, 5.74) is 3.19. The van der Waals surface area contributed by atoms with Gasteiger partial charge in [-0.25, -0.2) is 4.39 Å². The zero-order valence-corrected chi connectivity index (χ0v) is 28.1. The number of anilines is 2. The molecule has 6 aromatic carbocycles. The van der Waals surface area contributed by atoms with Crippen molar-refractivity contribution >= 4 is 17.3 Å². The molecular formula is C42H35FN2O7. The molecule has 1 N–H and O–H groups in total. The van der Waals surface area contributed by atoms with Crippen molar-refractivity contribution in [2.45, 2.75) is 13.1 Å². The number of para-hydroxylation sites is 8. The number of hydrogen-bond donors (Lipinski definition) is 1. The van der Waals surface area contributed by atoms with Gasteiger partial charge in [0, 0.05) is 17.7 Å². The van der Waals surface area contributed by atoms with Crippen molar-refractivity contribution in [2.24, 2.45) is 0 Å². The van der Waals surface area contributed by atoms with E-state index >= 15 is 0 Å². The van der Waals surface area contributed by atoms with E-state index in [9.17, 15) is 9.18 Å². The van der Waals surface area contributed by atoms with Gasteiger partial charge < -0.3 is 38.6 Å². The Labute approximate surface area is 300 Å². The summed E-state index contributed by atoms with van der Waals surface area (Å²) >= 11 is 0. The molecule has 0 atom stereocenters. The number of benzene rings is 6. The number of ether oxygens (including phenoxy) is 6. The van der Waals surface area contributed by atoms with Gasteiger partial charge in [0.2, 0.25) is 13.6 Å². The number of halogens is 1. The summed E-state index contributed by atoms with van der Waals surface area (Å²) in [7, 11) is 0. The molecule has 262 valence electrons. The fourth-order valence-electron chi connectivity index (χ4n) is 5.68. The molecule has 10 heteroatoms. The van der Waals surface area contributed by atoms with E-state index < -0.39 is 12.6 Å². The molecule has 2 heterocycles. The van der Waals surface area contributed by atoms with Gasteiger partial charge in [0.15, 0.2) is 41.2 Å². The minimum Gasteiger partial charge on any atom is -0.455 e. The minimum atomic E-state index is -1.12. The van der Waals surface area contributed by atoms with Crippen LogP contribution in [0, 0.1) is 0 Å². The molecule has 9 nitrogen and oxygen atoms in total. The largest absolute Gasteiger partial charge is 0.455 e. The molecule has 52 heavy (non-hydrogen) atoms. The Morgan fingerprint density at radius 2 is 1.13 bits per heavy atom. The van der Waals surface area contributed by atoms with Crippen LogP contribution in [-0.4, -0.2) is 26.2 Å². The molecule has 0 aromatic heterocycles. The quantitative estimate of drug-likeness (QED) is 0.143. The Morgan fingerprint density at radius 3 is 1.79 bits per heavy atom. The van der Waals surface area contributed by atoms with Gasteiger partial charge in [-0.3, -0.25) is 4.79 Å². The van der Waals surface area contributed by atoms with Gasteiger partial charge in [0.05, 0.1) is 17.9 Å². The van der Waals surface area contributed by atoms with Crippen LogP contribution in [0.1, 0.15) is 11.1 Å². The first-order chi connectivity index (χ1) is 25.7. The number of hydrogen-bond acceptors (Lipinski definition) is 8. The van der Waals surface area contributed by atoms with E-state index in [1.54, 1.807) is 30.3 Å². The number of carbonyl (C=O) groups excluding carboxylic acids is 1. The third-order valence-corrected chi connectivity index (χ3v) is 8.15. The second kappa shape index (κ2) is 16.4. The number of fused-ring (bicyclic) bond motifs is 2.